The molecule has 1 heterocycles. The van der Waals surface area contributed by atoms with Crippen molar-refractivity contribution in [2.24, 2.45) is 0 Å². The zero-order valence-electron chi connectivity index (χ0n) is 7.42. The molecule has 0 atom stereocenters. The fourth-order valence-corrected chi connectivity index (χ4v) is 1.11. The van der Waals surface area contributed by atoms with E-state index in [4.69, 9.17) is 5.11 Å². The van der Waals surface area contributed by atoms with Crippen molar-refractivity contribution in [1.82, 2.24) is 9.97 Å². The maximum atomic E-state index is 11.2. The first kappa shape index (κ1) is 9.44. The summed E-state index contributed by atoms with van der Waals surface area (Å²) in [6.07, 6.45) is -0.283. The van der Waals surface area contributed by atoms with Gasteiger partial charge in [-0.05, 0) is 13.8 Å². The van der Waals surface area contributed by atoms with Crippen molar-refractivity contribution in [3.63, 3.8) is 0 Å². The molecule has 0 fully saturated rings. The average Bonchev–Trinajstić information content (AvgIpc) is 1.96. The lowest BCUT2D eigenvalue weighted by Gasteiger charge is -2.01. The van der Waals surface area contributed by atoms with Gasteiger partial charge in [-0.25, -0.2) is 4.98 Å². The van der Waals surface area contributed by atoms with E-state index in [0.717, 1.165) is 0 Å². The Bertz CT molecular complexity index is 395. The van der Waals surface area contributed by atoms with E-state index >= 15 is 0 Å². The van der Waals surface area contributed by atoms with Gasteiger partial charge in [0.25, 0.3) is 5.56 Å². The summed E-state index contributed by atoms with van der Waals surface area (Å²) in [5.41, 5.74) is 0.328. The zero-order valence-corrected chi connectivity index (χ0v) is 7.42. The number of aromatic amines is 1. The molecule has 1 aromatic rings. The van der Waals surface area contributed by atoms with Crippen LogP contribution in [0.25, 0.3) is 0 Å². The van der Waals surface area contributed by atoms with E-state index in [-0.39, 0.29) is 17.5 Å². The second kappa shape index (κ2) is 3.38. The first-order valence-corrected chi connectivity index (χ1v) is 3.79. The van der Waals surface area contributed by atoms with Crippen molar-refractivity contribution in [2.75, 3.05) is 0 Å². The van der Waals surface area contributed by atoms with Crippen molar-refractivity contribution in [3.8, 4) is 0 Å². The van der Waals surface area contributed by atoms with Crippen LogP contribution in [-0.4, -0.2) is 21.0 Å². The molecule has 0 aliphatic carbocycles. The highest BCUT2D eigenvalue weighted by Gasteiger charge is 2.09. The molecule has 0 aliphatic heterocycles. The van der Waals surface area contributed by atoms with Crippen molar-refractivity contribution in [3.05, 3.63) is 27.4 Å². The molecule has 0 saturated heterocycles. The number of carbonyl (C=O) groups is 1. The van der Waals surface area contributed by atoms with Crippen LogP contribution < -0.4 is 5.56 Å². The smallest absolute Gasteiger partial charge is 0.308 e. The fourth-order valence-electron chi connectivity index (χ4n) is 1.11. The molecule has 0 aromatic carbocycles. The zero-order chi connectivity index (χ0) is 10.0. The third-order valence-electron chi connectivity index (χ3n) is 1.67. The molecule has 1 rings (SSSR count). The summed E-state index contributed by atoms with van der Waals surface area (Å²) in [5, 5.41) is 8.50. The molecule has 5 heteroatoms. The molecule has 5 nitrogen and oxygen atoms in total. The molecule has 0 amide bonds. The Kier molecular flexibility index (Phi) is 2.46. The average molecular weight is 182 g/mol. The molecule has 0 spiro atoms. The quantitative estimate of drug-likeness (QED) is 0.675. The number of nitrogens with one attached hydrogen (secondary N) is 1. The monoisotopic (exact) mass is 182 g/mol. The largest absolute Gasteiger partial charge is 0.481 e. The Hall–Kier alpha value is -1.65. The third-order valence-corrected chi connectivity index (χ3v) is 1.67. The molecule has 13 heavy (non-hydrogen) atoms. The number of rotatable bonds is 2. The molecular weight excluding hydrogens is 172 g/mol. The van der Waals surface area contributed by atoms with Crippen LogP contribution in [0.2, 0.25) is 0 Å². The van der Waals surface area contributed by atoms with Gasteiger partial charge in [-0.2, -0.15) is 0 Å². The first-order valence-electron chi connectivity index (χ1n) is 3.79. The van der Waals surface area contributed by atoms with E-state index in [2.05, 4.69) is 9.97 Å². The van der Waals surface area contributed by atoms with Gasteiger partial charge in [0, 0.05) is 11.3 Å². The lowest BCUT2D eigenvalue weighted by Crippen LogP contribution is -2.20. The molecular formula is C8H10N2O3. The van der Waals surface area contributed by atoms with Gasteiger partial charge in [-0.15, -0.1) is 0 Å². The number of hydrogen-bond acceptors (Lipinski definition) is 3. The van der Waals surface area contributed by atoms with Crippen LogP contribution in [0.4, 0.5) is 0 Å². The van der Waals surface area contributed by atoms with E-state index in [0.29, 0.717) is 11.5 Å². The molecule has 0 unspecified atom stereocenters. The first-order chi connectivity index (χ1) is 6.00. The maximum absolute atomic E-state index is 11.2. The van der Waals surface area contributed by atoms with Gasteiger partial charge < -0.3 is 10.1 Å². The lowest BCUT2D eigenvalue weighted by atomic mass is 10.2. The van der Waals surface area contributed by atoms with Crippen molar-refractivity contribution < 1.29 is 9.90 Å². The van der Waals surface area contributed by atoms with Crippen molar-refractivity contribution in [1.29, 1.82) is 0 Å². The van der Waals surface area contributed by atoms with Crippen LogP contribution in [0.3, 0.4) is 0 Å². The third kappa shape index (κ3) is 2.14. The summed E-state index contributed by atoms with van der Waals surface area (Å²) >= 11 is 0. The van der Waals surface area contributed by atoms with Gasteiger partial charge in [-0.3, -0.25) is 9.59 Å². The van der Waals surface area contributed by atoms with Crippen LogP contribution in [0.1, 0.15) is 17.1 Å². The second-order valence-corrected chi connectivity index (χ2v) is 2.79. The number of aryl methyl sites for hydroxylation is 2. The number of carboxylic acid groups (broad SMARTS) is 1. The Morgan fingerprint density at radius 3 is 2.62 bits per heavy atom. The maximum Gasteiger partial charge on any atom is 0.308 e. The summed E-state index contributed by atoms with van der Waals surface area (Å²) in [7, 11) is 0. The SMILES string of the molecule is Cc1nc(C)c(CC(=O)O)c(=O)[nH]1. The van der Waals surface area contributed by atoms with E-state index in [1.165, 1.54) is 0 Å². The second-order valence-electron chi connectivity index (χ2n) is 2.79. The normalized spacial score (nSPS) is 10.0. The van der Waals surface area contributed by atoms with Crippen LogP contribution in [0.5, 0.6) is 0 Å². The van der Waals surface area contributed by atoms with Gasteiger partial charge in [-0.1, -0.05) is 0 Å². The van der Waals surface area contributed by atoms with Crippen LogP contribution >= 0.6 is 0 Å². The fraction of sp³-hybridized carbons (Fsp3) is 0.375. The summed E-state index contributed by atoms with van der Waals surface area (Å²) in [6, 6.07) is 0. The topological polar surface area (TPSA) is 83.0 Å². The van der Waals surface area contributed by atoms with E-state index < -0.39 is 5.97 Å². The predicted molar refractivity (Wildman–Crippen MR) is 45.7 cm³/mol. The Morgan fingerprint density at radius 2 is 2.15 bits per heavy atom. The number of H-pyrrole nitrogens is 1. The van der Waals surface area contributed by atoms with Crippen LogP contribution in [-0.2, 0) is 11.2 Å². The number of carboxylic acids is 1. The molecule has 0 saturated carbocycles. The minimum atomic E-state index is -1.03. The van der Waals surface area contributed by atoms with Gasteiger partial charge in [0.15, 0.2) is 0 Å². The number of nitrogens with zero attached hydrogens (tertiary/aromatic N) is 1. The van der Waals surface area contributed by atoms with Crippen molar-refractivity contribution in [2.45, 2.75) is 20.3 Å². The van der Waals surface area contributed by atoms with Crippen LogP contribution in [0.15, 0.2) is 4.79 Å². The number of hydrogen-bond donors (Lipinski definition) is 2. The van der Waals surface area contributed by atoms with Crippen LogP contribution in [0, 0.1) is 13.8 Å². The Balaban J connectivity index is 3.21. The van der Waals surface area contributed by atoms with E-state index in [1.54, 1.807) is 13.8 Å². The van der Waals surface area contributed by atoms with Gasteiger partial charge in [0.2, 0.25) is 0 Å². The molecule has 0 radical (unpaired) electrons. The highest BCUT2D eigenvalue weighted by molar-refractivity contribution is 5.70. The number of aliphatic carboxylic acids is 1. The standard InChI is InChI=1S/C8H10N2O3/c1-4-6(3-7(11)12)8(13)10-5(2)9-4/h3H2,1-2H3,(H,11,12)(H,9,10,13). The molecule has 0 aliphatic rings. The predicted octanol–water partition coefficient (Wildman–Crippen LogP) is 0.0138. The molecule has 2 N–H and O–H groups in total. The Labute approximate surface area is 74.4 Å². The summed E-state index contributed by atoms with van der Waals surface area (Å²) in [5.74, 6) is -0.532. The summed E-state index contributed by atoms with van der Waals surface area (Å²) in [6.45, 7) is 3.28. The van der Waals surface area contributed by atoms with Gasteiger partial charge in [0.1, 0.15) is 5.82 Å². The van der Waals surface area contributed by atoms with E-state index in [9.17, 15) is 9.59 Å². The van der Waals surface area contributed by atoms with Gasteiger partial charge in [0.05, 0.1) is 6.42 Å². The molecule has 1 aromatic heterocycles. The molecule has 70 valence electrons. The minimum Gasteiger partial charge on any atom is -0.481 e. The highest BCUT2D eigenvalue weighted by atomic mass is 16.4. The minimum absolute atomic E-state index is 0.220. The van der Waals surface area contributed by atoms with E-state index in [1.807, 2.05) is 0 Å². The summed E-state index contributed by atoms with van der Waals surface area (Å²) < 4.78 is 0. The van der Waals surface area contributed by atoms with Crippen molar-refractivity contribution >= 4 is 5.97 Å². The number of aromatic nitrogens is 2. The summed E-state index contributed by atoms with van der Waals surface area (Å²) in [4.78, 5) is 28.0. The highest BCUT2D eigenvalue weighted by Crippen LogP contribution is 1.99. The van der Waals surface area contributed by atoms with Gasteiger partial charge >= 0.3 is 5.97 Å². The lowest BCUT2D eigenvalue weighted by molar-refractivity contribution is -0.136. The Morgan fingerprint density at radius 1 is 1.54 bits per heavy atom. The molecule has 0 bridgehead atoms.